The number of aromatic nitrogens is 4. The molecule has 1 amide bonds. The summed E-state index contributed by atoms with van der Waals surface area (Å²) >= 11 is 0. The lowest BCUT2D eigenvalue weighted by molar-refractivity contribution is 0.0692. The molecule has 2 aromatic heterocycles. The summed E-state index contributed by atoms with van der Waals surface area (Å²) in [6.45, 7) is 1.54. The van der Waals surface area contributed by atoms with E-state index < -0.39 is 0 Å². The summed E-state index contributed by atoms with van der Waals surface area (Å²) in [6.07, 6.45) is 1.69. The van der Waals surface area contributed by atoms with E-state index in [-0.39, 0.29) is 25.4 Å². The van der Waals surface area contributed by atoms with Crippen LogP contribution in [-0.2, 0) is 0 Å². The third-order valence-electron chi connectivity index (χ3n) is 6.59. The SMILES string of the molecule is O=C(c1cc(-c2ccc3c(c2)OCO3)n[nH]1)N1CCCC(c2nnc(-c3ccc4c(c3)OCO4)o2)C1. The number of piperidine rings is 1. The molecule has 1 fully saturated rings. The van der Waals surface area contributed by atoms with Crippen LogP contribution in [0.2, 0.25) is 0 Å². The van der Waals surface area contributed by atoms with Gasteiger partial charge in [-0.15, -0.1) is 10.2 Å². The number of fused-ring (bicyclic) bond motifs is 2. The van der Waals surface area contributed by atoms with E-state index >= 15 is 0 Å². The first-order valence-electron chi connectivity index (χ1n) is 11.7. The van der Waals surface area contributed by atoms with Gasteiger partial charge in [0, 0.05) is 24.2 Å². The Labute approximate surface area is 204 Å². The van der Waals surface area contributed by atoms with Crippen molar-refractivity contribution in [2.75, 3.05) is 26.7 Å². The van der Waals surface area contributed by atoms with E-state index in [0.29, 0.717) is 59.3 Å². The highest BCUT2D eigenvalue weighted by Gasteiger charge is 2.30. The van der Waals surface area contributed by atoms with Crippen LogP contribution < -0.4 is 18.9 Å². The molecule has 0 saturated carbocycles. The number of H-pyrrole nitrogens is 1. The number of hydrogen-bond acceptors (Lipinski definition) is 9. The third-order valence-corrected chi connectivity index (χ3v) is 6.59. The summed E-state index contributed by atoms with van der Waals surface area (Å²) in [5, 5.41) is 15.7. The van der Waals surface area contributed by atoms with Crippen molar-refractivity contribution >= 4 is 5.91 Å². The Morgan fingerprint density at radius 2 is 1.61 bits per heavy atom. The van der Waals surface area contributed by atoms with Crippen molar-refractivity contribution in [3.8, 4) is 45.7 Å². The third kappa shape index (κ3) is 3.60. The van der Waals surface area contributed by atoms with Gasteiger partial charge in [0.15, 0.2) is 23.0 Å². The number of ether oxygens (including phenoxy) is 4. The molecule has 1 N–H and O–H groups in total. The smallest absolute Gasteiger partial charge is 0.271 e. The highest BCUT2D eigenvalue weighted by Crippen LogP contribution is 2.37. The van der Waals surface area contributed by atoms with E-state index in [0.717, 1.165) is 24.0 Å². The van der Waals surface area contributed by atoms with Gasteiger partial charge in [-0.05, 0) is 55.3 Å². The number of carbonyl (C=O) groups excluding carboxylic acids is 1. The fraction of sp³-hybridized carbons (Fsp3) is 0.280. The summed E-state index contributed by atoms with van der Waals surface area (Å²) < 4.78 is 27.6. The number of hydrogen-bond donors (Lipinski definition) is 1. The van der Waals surface area contributed by atoms with Crippen molar-refractivity contribution < 1.29 is 28.2 Å². The standard InChI is InChI=1S/C25H21N5O6/c31-25(18-10-17(26-27-18)14-3-5-19-21(8-14)34-12-32-19)30-7-1-2-16(11-30)24-29-28-23(36-24)15-4-6-20-22(9-15)35-13-33-20/h3-6,8-10,16H,1-2,7,11-13H2,(H,26,27). The topological polar surface area (TPSA) is 125 Å². The van der Waals surface area contributed by atoms with E-state index in [2.05, 4.69) is 20.4 Å². The van der Waals surface area contributed by atoms with Gasteiger partial charge < -0.3 is 28.3 Å². The minimum Gasteiger partial charge on any atom is -0.454 e. The molecule has 0 bridgehead atoms. The molecule has 0 radical (unpaired) electrons. The zero-order valence-electron chi connectivity index (χ0n) is 19.1. The van der Waals surface area contributed by atoms with Crippen LogP contribution >= 0.6 is 0 Å². The normalized spacial score (nSPS) is 18.0. The molecular weight excluding hydrogens is 466 g/mol. The second kappa shape index (κ2) is 8.29. The van der Waals surface area contributed by atoms with Crippen molar-refractivity contribution in [3.63, 3.8) is 0 Å². The second-order valence-corrected chi connectivity index (χ2v) is 8.84. The van der Waals surface area contributed by atoms with Crippen molar-refractivity contribution in [1.29, 1.82) is 0 Å². The number of rotatable bonds is 4. The molecule has 36 heavy (non-hydrogen) atoms. The monoisotopic (exact) mass is 487 g/mol. The molecule has 3 aliphatic rings. The lowest BCUT2D eigenvalue weighted by Crippen LogP contribution is -2.39. The van der Waals surface area contributed by atoms with Crippen LogP contribution in [0.25, 0.3) is 22.7 Å². The maximum Gasteiger partial charge on any atom is 0.271 e. The van der Waals surface area contributed by atoms with Crippen LogP contribution in [0.4, 0.5) is 0 Å². The lowest BCUT2D eigenvalue weighted by atomic mass is 9.97. The van der Waals surface area contributed by atoms with Gasteiger partial charge in [-0.3, -0.25) is 9.89 Å². The number of likely N-dealkylation sites (tertiary alicyclic amines) is 1. The molecule has 1 atom stereocenters. The number of carbonyl (C=O) groups is 1. The second-order valence-electron chi connectivity index (χ2n) is 8.84. The first kappa shape index (κ1) is 20.8. The summed E-state index contributed by atoms with van der Waals surface area (Å²) in [4.78, 5) is 15.1. The number of nitrogens with zero attached hydrogens (tertiary/aromatic N) is 4. The first-order valence-corrected chi connectivity index (χ1v) is 11.7. The molecule has 1 saturated heterocycles. The molecule has 11 heteroatoms. The summed E-state index contributed by atoms with van der Waals surface area (Å²) in [5.41, 5.74) is 2.69. The van der Waals surface area contributed by atoms with Crippen LogP contribution in [0.1, 0.15) is 35.1 Å². The Bertz CT molecular complexity index is 1460. The van der Waals surface area contributed by atoms with E-state index in [9.17, 15) is 4.79 Å². The highest BCUT2D eigenvalue weighted by atomic mass is 16.7. The first-order chi connectivity index (χ1) is 17.7. The van der Waals surface area contributed by atoms with Gasteiger partial charge in [0.25, 0.3) is 5.91 Å². The van der Waals surface area contributed by atoms with Crippen molar-refractivity contribution in [2.24, 2.45) is 0 Å². The maximum atomic E-state index is 13.3. The zero-order valence-corrected chi connectivity index (χ0v) is 19.1. The molecule has 0 aliphatic carbocycles. The molecule has 0 spiro atoms. The Hall–Kier alpha value is -4.54. The van der Waals surface area contributed by atoms with Gasteiger partial charge in [-0.1, -0.05) is 0 Å². The largest absolute Gasteiger partial charge is 0.454 e. The van der Waals surface area contributed by atoms with E-state index in [1.165, 1.54) is 0 Å². The predicted molar refractivity (Wildman–Crippen MR) is 124 cm³/mol. The van der Waals surface area contributed by atoms with Gasteiger partial charge in [-0.2, -0.15) is 5.10 Å². The average molecular weight is 487 g/mol. The van der Waals surface area contributed by atoms with Gasteiger partial charge >= 0.3 is 0 Å². The lowest BCUT2D eigenvalue weighted by Gasteiger charge is -2.30. The van der Waals surface area contributed by atoms with E-state index in [1.54, 1.807) is 11.0 Å². The minimum absolute atomic E-state index is 0.0470. The van der Waals surface area contributed by atoms with Crippen LogP contribution in [0.5, 0.6) is 23.0 Å². The Morgan fingerprint density at radius 3 is 2.42 bits per heavy atom. The molecule has 2 aromatic carbocycles. The zero-order chi connectivity index (χ0) is 24.1. The molecule has 5 heterocycles. The predicted octanol–water partition coefficient (Wildman–Crippen LogP) is 3.60. The number of aromatic amines is 1. The van der Waals surface area contributed by atoms with Crippen molar-refractivity contribution in [3.05, 3.63) is 54.0 Å². The van der Waals surface area contributed by atoms with Crippen molar-refractivity contribution in [2.45, 2.75) is 18.8 Å². The fourth-order valence-electron chi connectivity index (χ4n) is 4.71. The minimum atomic E-state index is -0.116. The van der Waals surface area contributed by atoms with Crippen LogP contribution in [0.3, 0.4) is 0 Å². The molecular formula is C25H21N5O6. The summed E-state index contributed by atoms with van der Waals surface area (Å²) in [6, 6.07) is 12.9. The molecule has 7 rings (SSSR count). The Morgan fingerprint density at radius 1 is 0.889 bits per heavy atom. The van der Waals surface area contributed by atoms with Gasteiger partial charge in [-0.25, -0.2) is 0 Å². The number of amides is 1. The molecule has 3 aliphatic heterocycles. The Kier molecular flexibility index (Phi) is 4.79. The molecule has 11 nitrogen and oxygen atoms in total. The summed E-state index contributed by atoms with van der Waals surface area (Å²) in [7, 11) is 0. The van der Waals surface area contributed by atoms with Gasteiger partial charge in [0.05, 0.1) is 11.6 Å². The Balaban J connectivity index is 1.06. The van der Waals surface area contributed by atoms with Crippen LogP contribution in [0.15, 0.2) is 46.9 Å². The number of benzene rings is 2. The quantitative estimate of drug-likeness (QED) is 0.460. The number of nitrogens with one attached hydrogen (secondary N) is 1. The summed E-state index contributed by atoms with van der Waals surface area (Å²) in [5.74, 6) is 3.49. The molecule has 4 aromatic rings. The van der Waals surface area contributed by atoms with Crippen LogP contribution in [-0.4, -0.2) is 57.9 Å². The highest BCUT2D eigenvalue weighted by molar-refractivity contribution is 5.93. The van der Waals surface area contributed by atoms with Gasteiger partial charge in [0.2, 0.25) is 25.4 Å². The van der Waals surface area contributed by atoms with E-state index in [1.807, 2.05) is 36.4 Å². The maximum absolute atomic E-state index is 13.3. The van der Waals surface area contributed by atoms with Gasteiger partial charge in [0.1, 0.15) is 5.69 Å². The fourth-order valence-corrected chi connectivity index (χ4v) is 4.71. The van der Waals surface area contributed by atoms with E-state index in [4.69, 9.17) is 23.4 Å². The average Bonchev–Trinajstić information content (AvgIpc) is 3.73. The van der Waals surface area contributed by atoms with Crippen LogP contribution in [0, 0.1) is 0 Å². The molecule has 1 unspecified atom stereocenters. The van der Waals surface area contributed by atoms with Crippen molar-refractivity contribution in [1.82, 2.24) is 25.3 Å². The molecule has 182 valence electrons.